The molecule has 2 aliphatic heterocycles. The van der Waals surface area contributed by atoms with Crippen LogP contribution in [0.5, 0.6) is 11.5 Å². The fourth-order valence-corrected chi connectivity index (χ4v) is 3.39. The van der Waals surface area contributed by atoms with E-state index >= 15 is 0 Å². The summed E-state index contributed by atoms with van der Waals surface area (Å²) in [6, 6.07) is 5.78. The Bertz CT molecular complexity index is 589. The summed E-state index contributed by atoms with van der Waals surface area (Å²) in [6.45, 7) is 7.98. The molecule has 2 heterocycles. The van der Waals surface area contributed by atoms with Crippen molar-refractivity contribution in [2.24, 2.45) is 16.6 Å². The summed E-state index contributed by atoms with van der Waals surface area (Å²) in [5.74, 6) is 2.79. The lowest BCUT2D eigenvalue weighted by atomic mass is 9.94. The quantitative estimate of drug-likeness (QED) is 0.389. The van der Waals surface area contributed by atoms with Gasteiger partial charge in [-0.1, -0.05) is 6.92 Å². The summed E-state index contributed by atoms with van der Waals surface area (Å²) >= 11 is 0. The number of anilines is 1. The molecule has 146 valence electrons. The van der Waals surface area contributed by atoms with E-state index in [9.17, 15) is 0 Å². The maximum Gasteiger partial charge on any atom is 0.193 e. The van der Waals surface area contributed by atoms with Crippen molar-refractivity contribution in [2.45, 2.75) is 32.6 Å². The van der Waals surface area contributed by atoms with Crippen LogP contribution in [0.3, 0.4) is 0 Å². The van der Waals surface area contributed by atoms with E-state index in [0.29, 0.717) is 19.2 Å². The van der Waals surface area contributed by atoms with Crippen LogP contribution in [0, 0.1) is 5.92 Å². The van der Waals surface area contributed by atoms with E-state index < -0.39 is 0 Å². The molecule has 0 spiro atoms. The Morgan fingerprint density at radius 1 is 1.23 bits per heavy atom. The van der Waals surface area contributed by atoms with E-state index in [1.807, 2.05) is 18.2 Å². The van der Waals surface area contributed by atoms with Crippen molar-refractivity contribution in [1.29, 1.82) is 0 Å². The molecule has 0 aromatic heterocycles. The van der Waals surface area contributed by atoms with Crippen molar-refractivity contribution >= 4 is 35.6 Å². The van der Waals surface area contributed by atoms with Crippen LogP contribution in [0.1, 0.15) is 32.6 Å². The molecule has 3 rings (SSSR count). The maximum atomic E-state index is 6.03. The second-order valence-corrected chi connectivity index (χ2v) is 6.77. The van der Waals surface area contributed by atoms with Crippen LogP contribution in [-0.4, -0.2) is 50.3 Å². The molecule has 7 heteroatoms. The molecule has 0 amide bonds. The lowest BCUT2D eigenvalue weighted by Gasteiger charge is -2.30. The normalized spacial score (nSPS) is 18.7. The largest absolute Gasteiger partial charge is 0.490 e. The molecule has 0 radical (unpaired) electrons. The van der Waals surface area contributed by atoms with Gasteiger partial charge in [-0.3, -0.25) is 4.99 Å². The molecule has 0 aliphatic carbocycles. The molecule has 26 heavy (non-hydrogen) atoms. The zero-order valence-electron chi connectivity index (χ0n) is 15.6. The smallest absolute Gasteiger partial charge is 0.193 e. The number of ether oxygens (including phenoxy) is 2. The lowest BCUT2D eigenvalue weighted by Crippen LogP contribution is -2.33. The topological polar surface area (TPSA) is 72.1 Å². The number of nitrogens with one attached hydrogen (secondary N) is 1. The first-order chi connectivity index (χ1) is 12.2. The Morgan fingerprint density at radius 2 is 1.96 bits per heavy atom. The number of aliphatic imine (C=N–C) groups is 1. The number of nitrogens with two attached hydrogens (primary N) is 1. The number of hydrogen-bond acceptors (Lipinski definition) is 4. The zero-order chi connectivity index (χ0) is 17.5. The van der Waals surface area contributed by atoms with Crippen molar-refractivity contribution in [2.75, 3.05) is 44.7 Å². The van der Waals surface area contributed by atoms with Gasteiger partial charge in [0.1, 0.15) is 0 Å². The summed E-state index contributed by atoms with van der Waals surface area (Å²) in [6.07, 6.45) is 4.57. The molecule has 0 saturated carbocycles. The third-order valence-electron chi connectivity index (χ3n) is 4.99. The first-order valence-electron chi connectivity index (χ1n) is 9.43. The number of hydrogen-bond donors (Lipinski definition) is 2. The van der Waals surface area contributed by atoms with Gasteiger partial charge in [-0.05, 0) is 56.9 Å². The number of nitrogens with zero attached hydrogens (tertiary/aromatic N) is 2. The number of fused-ring (bicyclic) bond motifs is 1. The summed E-state index contributed by atoms with van der Waals surface area (Å²) in [5.41, 5.74) is 6.91. The molecule has 1 aromatic rings. The van der Waals surface area contributed by atoms with Crippen LogP contribution >= 0.6 is 24.0 Å². The summed E-state index contributed by atoms with van der Waals surface area (Å²) in [5, 5.41) is 3.15. The number of benzene rings is 1. The predicted octanol–water partition coefficient (Wildman–Crippen LogP) is 3.31. The minimum atomic E-state index is 0. The number of piperidine rings is 1. The molecule has 0 unspecified atom stereocenters. The van der Waals surface area contributed by atoms with E-state index in [4.69, 9.17) is 15.2 Å². The van der Waals surface area contributed by atoms with Crippen molar-refractivity contribution in [3.63, 3.8) is 0 Å². The minimum absolute atomic E-state index is 0. The molecular weight excluding hydrogens is 443 g/mol. The van der Waals surface area contributed by atoms with E-state index in [-0.39, 0.29) is 24.0 Å². The van der Waals surface area contributed by atoms with Crippen LogP contribution < -0.4 is 20.5 Å². The molecule has 0 bridgehead atoms. The number of likely N-dealkylation sites (tertiary alicyclic amines) is 1. The molecule has 2 aliphatic rings. The number of halogens is 1. The highest BCUT2D eigenvalue weighted by Gasteiger charge is 2.17. The standard InChI is InChI=1S/C19H30N4O2.HI/c1-2-23-10-7-15(8-11-23)6-9-21-19(20)22-16-4-5-17-18(14-16)25-13-3-12-24-17;/h4-5,14-15H,2-3,6-13H2,1H3,(H3,20,21,22);1H. The highest BCUT2D eigenvalue weighted by atomic mass is 127. The number of guanidine groups is 1. The van der Waals surface area contributed by atoms with Crippen molar-refractivity contribution in [1.82, 2.24) is 4.90 Å². The molecule has 6 nitrogen and oxygen atoms in total. The average Bonchev–Trinajstić information content (AvgIpc) is 2.87. The number of rotatable bonds is 5. The van der Waals surface area contributed by atoms with E-state index in [0.717, 1.165) is 49.0 Å². The second kappa shape index (κ2) is 10.8. The Morgan fingerprint density at radius 3 is 2.69 bits per heavy atom. The van der Waals surface area contributed by atoms with Crippen LogP contribution in [0.25, 0.3) is 0 Å². The zero-order valence-corrected chi connectivity index (χ0v) is 17.9. The fraction of sp³-hybridized carbons (Fsp3) is 0.632. The van der Waals surface area contributed by atoms with E-state index in [2.05, 4.69) is 22.1 Å². The van der Waals surface area contributed by atoms with Gasteiger partial charge < -0.3 is 25.4 Å². The first-order valence-corrected chi connectivity index (χ1v) is 9.43. The minimum Gasteiger partial charge on any atom is -0.490 e. The van der Waals surface area contributed by atoms with Gasteiger partial charge in [0, 0.05) is 24.7 Å². The molecular formula is C19H31IN4O2. The van der Waals surface area contributed by atoms with Gasteiger partial charge >= 0.3 is 0 Å². The average molecular weight is 474 g/mol. The molecule has 3 N–H and O–H groups in total. The maximum absolute atomic E-state index is 6.03. The van der Waals surface area contributed by atoms with Crippen LogP contribution in [0.2, 0.25) is 0 Å². The molecule has 1 saturated heterocycles. The highest BCUT2D eigenvalue weighted by Crippen LogP contribution is 2.32. The Kier molecular flexibility index (Phi) is 8.77. The third kappa shape index (κ3) is 6.19. The molecule has 0 atom stereocenters. The van der Waals surface area contributed by atoms with Crippen LogP contribution in [-0.2, 0) is 0 Å². The van der Waals surface area contributed by atoms with Crippen LogP contribution in [0.15, 0.2) is 23.2 Å². The van der Waals surface area contributed by atoms with E-state index in [1.165, 1.54) is 25.9 Å². The Hall–Kier alpha value is -1.22. The van der Waals surface area contributed by atoms with Gasteiger partial charge in [0.05, 0.1) is 13.2 Å². The second-order valence-electron chi connectivity index (χ2n) is 6.77. The Balaban J connectivity index is 0.00000243. The molecule has 1 aromatic carbocycles. The first kappa shape index (κ1) is 21.1. The van der Waals surface area contributed by atoms with Crippen molar-refractivity contribution in [3.8, 4) is 11.5 Å². The van der Waals surface area contributed by atoms with Crippen LogP contribution in [0.4, 0.5) is 5.69 Å². The fourth-order valence-electron chi connectivity index (χ4n) is 3.39. The van der Waals surface area contributed by atoms with Gasteiger partial charge in [0.2, 0.25) is 0 Å². The molecule has 1 fully saturated rings. The van der Waals surface area contributed by atoms with Crippen molar-refractivity contribution < 1.29 is 9.47 Å². The van der Waals surface area contributed by atoms with Gasteiger partial charge in [-0.25, -0.2) is 0 Å². The SMILES string of the molecule is CCN1CCC(CCN=C(N)Nc2ccc3c(c2)OCCCO3)CC1.I. The van der Waals surface area contributed by atoms with Gasteiger partial charge in [-0.15, -0.1) is 24.0 Å². The summed E-state index contributed by atoms with van der Waals surface area (Å²) in [4.78, 5) is 6.99. The van der Waals surface area contributed by atoms with Gasteiger partial charge in [-0.2, -0.15) is 0 Å². The van der Waals surface area contributed by atoms with E-state index in [1.54, 1.807) is 0 Å². The van der Waals surface area contributed by atoms with Gasteiger partial charge in [0.25, 0.3) is 0 Å². The Labute approximate surface area is 173 Å². The predicted molar refractivity (Wildman–Crippen MR) is 117 cm³/mol. The monoisotopic (exact) mass is 474 g/mol. The van der Waals surface area contributed by atoms with Crippen molar-refractivity contribution in [3.05, 3.63) is 18.2 Å². The summed E-state index contributed by atoms with van der Waals surface area (Å²) in [7, 11) is 0. The summed E-state index contributed by atoms with van der Waals surface area (Å²) < 4.78 is 11.3. The van der Waals surface area contributed by atoms with Gasteiger partial charge in [0.15, 0.2) is 17.5 Å². The third-order valence-corrected chi connectivity index (χ3v) is 4.99. The lowest BCUT2D eigenvalue weighted by molar-refractivity contribution is 0.188. The highest BCUT2D eigenvalue weighted by molar-refractivity contribution is 14.0.